The lowest BCUT2D eigenvalue weighted by Gasteiger charge is -2.40. The number of fused-ring (bicyclic) bond motifs is 2. The van der Waals surface area contributed by atoms with E-state index in [4.69, 9.17) is 9.72 Å². The average molecular weight is 536 g/mol. The van der Waals surface area contributed by atoms with Crippen LogP contribution in [0.15, 0.2) is 61.7 Å². The maximum atomic E-state index is 12.1. The van der Waals surface area contributed by atoms with Gasteiger partial charge >= 0.3 is 0 Å². The van der Waals surface area contributed by atoms with Gasteiger partial charge < -0.3 is 24.8 Å². The van der Waals surface area contributed by atoms with Gasteiger partial charge in [-0.05, 0) is 62.7 Å². The van der Waals surface area contributed by atoms with E-state index in [9.17, 15) is 4.79 Å². The summed E-state index contributed by atoms with van der Waals surface area (Å²) in [6.07, 6.45) is 4.52. The van der Waals surface area contributed by atoms with Gasteiger partial charge in [0.25, 0.3) is 0 Å². The Morgan fingerprint density at radius 3 is 2.77 bits per heavy atom. The topological polar surface area (TPSA) is 125 Å². The van der Waals surface area contributed by atoms with Crippen LogP contribution in [0.4, 0.5) is 17.3 Å². The lowest BCUT2D eigenvalue weighted by Crippen LogP contribution is -2.53. The van der Waals surface area contributed by atoms with Crippen molar-refractivity contribution in [3.8, 4) is 11.5 Å². The lowest BCUT2D eigenvalue weighted by molar-refractivity contribution is -0.128. The number of benzene rings is 1. The molecule has 1 aliphatic heterocycles. The van der Waals surface area contributed by atoms with Crippen molar-refractivity contribution in [2.45, 2.75) is 26.8 Å². The van der Waals surface area contributed by atoms with Gasteiger partial charge in [0.1, 0.15) is 23.4 Å². The predicted molar refractivity (Wildman–Crippen MR) is 154 cm³/mol. The third-order valence-corrected chi connectivity index (χ3v) is 7.09. The number of ether oxygens (including phenoxy) is 1. The van der Waals surface area contributed by atoms with Crippen molar-refractivity contribution in [1.82, 2.24) is 34.8 Å². The first kappa shape index (κ1) is 25.2. The largest absolute Gasteiger partial charge is 0.455 e. The molecular formula is C29H29N9O2. The normalized spacial score (nSPS) is 15.4. The zero-order chi connectivity index (χ0) is 27.8. The zero-order valence-electron chi connectivity index (χ0n) is 22.5. The third kappa shape index (κ3) is 4.77. The van der Waals surface area contributed by atoms with E-state index in [1.807, 2.05) is 62.1 Å². The summed E-state index contributed by atoms with van der Waals surface area (Å²) >= 11 is 0. The monoisotopic (exact) mass is 535 g/mol. The number of imidazole rings is 1. The molecule has 1 amide bonds. The lowest BCUT2D eigenvalue weighted by atomic mass is 10.2. The van der Waals surface area contributed by atoms with Crippen LogP contribution in [0.5, 0.6) is 11.5 Å². The van der Waals surface area contributed by atoms with Crippen LogP contribution in [0.25, 0.3) is 22.2 Å². The van der Waals surface area contributed by atoms with Crippen LogP contribution >= 0.6 is 0 Å². The number of amides is 1. The second-order valence-corrected chi connectivity index (χ2v) is 9.84. The number of piperazine rings is 1. The Balaban J connectivity index is 1.23. The third-order valence-electron chi connectivity index (χ3n) is 7.09. The first-order chi connectivity index (χ1) is 19.4. The van der Waals surface area contributed by atoms with Crippen molar-refractivity contribution in [2.75, 3.05) is 29.9 Å². The number of aromatic amines is 1. The fourth-order valence-electron chi connectivity index (χ4n) is 4.95. The van der Waals surface area contributed by atoms with Gasteiger partial charge in [0, 0.05) is 37.4 Å². The molecule has 5 aromatic rings. The number of hydrogen-bond acceptors (Lipinski definition) is 9. The number of nitrogens with one attached hydrogen (secondary N) is 2. The van der Waals surface area contributed by atoms with E-state index in [0.717, 1.165) is 39.5 Å². The molecule has 11 heteroatoms. The Hall–Kier alpha value is -5.06. The van der Waals surface area contributed by atoms with Crippen molar-refractivity contribution in [3.05, 3.63) is 73.0 Å². The molecule has 4 aromatic heterocycles. The van der Waals surface area contributed by atoms with Crippen molar-refractivity contribution >= 4 is 45.4 Å². The number of carbonyl (C=O) groups is 1. The highest BCUT2D eigenvalue weighted by molar-refractivity contribution is 5.89. The van der Waals surface area contributed by atoms with E-state index in [2.05, 4.69) is 41.7 Å². The van der Waals surface area contributed by atoms with E-state index in [-0.39, 0.29) is 11.9 Å². The number of carbonyl (C=O) groups excluding carboxylic acids is 1. The average Bonchev–Trinajstić information content (AvgIpc) is 3.41. The van der Waals surface area contributed by atoms with Crippen LogP contribution in [0.2, 0.25) is 0 Å². The number of aryl methyl sites for hydroxylation is 2. The van der Waals surface area contributed by atoms with Gasteiger partial charge in [-0.15, -0.1) is 0 Å². The molecule has 0 bridgehead atoms. The van der Waals surface area contributed by atoms with E-state index in [1.54, 1.807) is 6.33 Å². The Morgan fingerprint density at radius 1 is 1.10 bits per heavy atom. The molecule has 1 aromatic carbocycles. The molecule has 1 aliphatic rings. The van der Waals surface area contributed by atoms with Gasteiger partial charge in [-0.3, -0.25) is 4.79 Å². The summed E-state index contributed by atoms with van der Waals surface area (Å²) < 4.78 is 6.20. The molecule has 11 nitrogen and oxygen atoms in total. The summed E-state index contributed by atoms with van der Waals surface area (Å²) in [6.45, 7) is 11.5. The van der Waals surface area contributed by atoms with Gasteiger partial charge in [-0.2, -0.15) is 0 Å². The highest BCUT2D eigenvalue weighted by Gasteiger charge is 2.27. The molecule has 1 fully saturated rings. The number of pyridine rings is 2. The van der Waals surface area contributed by atoms with Crippen LogP contribution in [0.1, 0.15) is 18.2 Å². The maximum absolute atomic E-state index is 12.1. The molecule has 0 radical (unpaired) electrons. The number of rotatable bonds is 6. The molecule has 1 atom stereocenters. The summed E-state index contributed by atoms with van der Waals surface area (Å²) in [5.41, 5.74) is 5.45. The molecule has 0 aliphatic carbocycles. The summed E-state index contributed by atoms with van der Waals surface area (Å²) in [5.74, 6) is 2.78. The predicted octanol–water partition coefficient (Wildman–Crippen LogP) is 4.67. The van der Waals surface area contributed by atoms with Crippen molar-refractivity contribution in [3.63, 3.8) is 0 Å². The fourth-order valence-corrected chi connectivity index (χ4v) is 4.95. The Kier molecular flexibility index (Phi) is 6.47. The van der Waals surface area contributed by atoms with Crippen LogP contribution in [-0.2, 0) is 4.79 Å². The minimum absolute atomic E-state index is 0.0455. The molecule has 0 spiro atoms. The van der Waals surface area contributed by atoms with Gasteiger partial charge in [0.2, 0.25) is 5.91 Å². The van der Waals surface area contributed by atoms with Crippen molar-refractivity contribution < 1.29 is 9.53 Å². The second kappa shape index (κ2) is 10.3. The summed E-state index contributed by atoms with van der Waals surface area (Å²) in [6, 6.07) is 11.7. The van der Waals surface area contributed by atoms with Gasteiger partial charge in [-0.1, -0.05) is 6.58 Å². The van der Waals surface area contributed by atoms with Crippen LogP contribution in [0.3, 0.4) is 0 Å². The van der Waals surface area contributed by atoms with E-state index in [1.165, 1.54) is 12.4 Å². The zero-order valence-corrected chi connectivity index (χ0v) is 22.5. The molecule has 0 unspecified atom stereocenters. The first-order valence-corrected chi connectivity index (χ1v) is 13.1. The SMILES string of the molecule is C=CC(=O)N1CCN(c2ccc3ncnc(Nc4ccc(Oc5cc6[nH]cnc6nc5C)c(C)c4)c3n2)C[C@H]1C. The molecule has 5 heterocycles. The van der Waals surface area contributed by atoms with E-state index < -0.39 is 0 Å². The van der Waals surface area contributed by atoms with Crippen LogP contribution < -0.4 is 15.0 Å². The van der Waals surface area contributed by atoms with Gasteiger partial charge in [-0.25, -0.2) is 24.9 Å². The molecule has 6 rings (SSSR count). The fraction of sp³-hybridized carbons (Fsp3) is 0.241. The molecule has 1 saturated heterocycles. The van der Waals surface area contributed by atoms with Crippen LogP contribution in [-0.4, -0.2) is 66.4 Å². The highest BCUT2D eigenvalue weighted by atomic mass is 16.5. The van der Waals surface area contributed by atoms with Crippen molar-refractivity contribution in [1.29, 1.82) is 0 Å². The minimum atomic E-state index is -0.0455. The van der Waals surface area contributed by atoms with Gasteiger partial charge in [0.05, 0.1) is 23.1 Å². The standard InChI is InChI=1S/C29H29N9O2/c1-5-26(39)38-11-10-37(14-18(38)3)25-9-7-21-27(36-25)29(33-15-30-21)35-20-6-8-23(17(2)12-20)40-24-13-22-28(32-16-31-22)34-19(24)4/h5-9,12-13,15-16,18H,1,10-11,14H2,2-4H3,(H,30,33,35)(H,31,32,34)/t18-/m1/s1. The smallest absolute Gasteiger partial charge is 0.246 e. The quantitative estimate of drug-likeness (QED) is 0.298. The minimum Gasteiger partial charge on any atom is -0.455 e. The number of nitrogens with zero attached hydrogens (tertiary/aromatic N) is 7. The number of aromatic nitrogens is 6. The number of hydrogen-bond donors (Lipinski definition) is 2. The Bertz CT molecular complexity index is 1750. The van der Waals surface area contributed by atoms with Crippen molar-refractivity contribution in [2.24, 2.45) is 0 Å². The molecular weight excluding hydrogens is 506 g/mol. The van der Waals surface area contributed by atoms with E-state index >= 15 is 0 Å². The number of anilines is 3. The summed E-state index contributed by atoms with van der Waals surface area (Å²) in [4.78, 5) is 41.7. The number of H-pyrrole nitrogens is 1. The Morgan fingerprint density at radius 2 is 1.98 bits per heavy atom. The maximum Gasteiger partial charge on any atom is 0.246 e. The first-order valence-electron chi connectivity index (χ1n) is 13.1. The molecule has 202 valence electrons. The molecule has 2 N–H and O–H groups in total. The second-order valence-electron chi connectivity index (χ2n) is 9.84. The highest BCUT2D eigenvalue weighted by Crippen LogP contribution is 2.32. The Labute approximate surface area is 231 Å². The van der Waals surface area contributed by atoms with E-state index in [0.29, 0.717) is 42.4 Å². The summed E-state index contributed by atoms with van der Waals surface area (Å²) in [5, 5.41) is 3.40. The summed E-state index contributed by atoms with van der Waals surface area (Å²) in [7, 11) is 0. The molecule has 40 heavy (non-hydrogen) atoms. The van der Waals surface area contributed by atoms with Crippen LogP contribution in [0, 0.1) is 13.8 Å². The molecule has 0 saturated carbocycles. The van der Waals surface area contributed by atoms with Gasteiger partial charge in [0.15, 0.2) is 17.2 Å².